The van der Waals surface area contributed by atoms with E-state index in [1.807, 2.05) is 69.3 Å². The van der Waals surface area contributed by atoms with Gasteiger partial charge in [-0.15, -0.1) is 0 Å². The lowest BCUT2D eigenvalue weighted by Gasteiger charge is -2.12. The lowest BCUT2D eigenvalue weighted by Crippen LogP contribution is -2.37. The van der Waals surface area contributed by atoms with Crippen LogP contribution in [0, 0.1) is 27.7 Å². The minimum atomic E-state index is -0.324. The first-order valence-electron chi connectivity index (χ1n) is 11.0. The third kappa shape index (κ3) is 5.80. The van der Waals surface area contributed by atoms with Crippen LogP contribution in [0.25, 0.3) is 11.1 Å². The number of nitrogens with zero attached hydrogens (tertiary/aromatic N) is 1. The van der Waals surface area contributed by atoms with E-state index in [1.54, 1.807) is 0 Å². The van der Waals surface area contributed by atoms with Crippen LogP contribution in [0.15, 0.2) is 59.0 Å². The highest BCUT2D eigenvalue weighted by Crippen LogP contribution is 2.23. The number of thiocarbonyl (C=S) groups is 1. The normalized spacial score (nSPS) is 10.8. The molecule has 3 aromatic carbocycles. The highest BCUT2D eigenvalue weighted by molar-refractivity contribution is 7.80. The Hall–Kier alpha value is -3.71. The van der Waals surface area contributed by atoms with Crippen LogP contribution < -0.4 is 15.4 Å². The standard InChI is InChI=1S/C27H27N3O3S/c1-16-5-10-23(18(3)11-16)32-15-24(31)30-27(34)28-21-8-6-20(7-9-21)14-25-29-22-13-17(2)12-19(4)26(22)33-25/h5-13H,14-15H2,1-4H3,(H2,28,30,31,34). The van der Waals surface area contributed by atoms with Crippen LogP contribution in [-0.2, 0) is 11.2 Å². The summed E-state index contributed by atoms with van der Waals surface area (Å²) in [4.78, 5) is 16.8. The van der Waals surface area contributed by atoms with Gasteiger partial charge in [-0.05, 0) is 86.4 Å². The third-order valence-corrected chi connectivity index (χ3v) is 5.58. The molecular weight excluding hydrogens is 446 g/mol. The Morgan fingerprint density at radius 1 is 0.971 bits per heavy atom. The van der Waals surface area contributed by atoms with Gasteiger partial charge in [0.15, 0.2) is 23.2 Å². The van der Waals surface area contributed by atoms with Crippen molar-refractivity contribution in [1.82, 2.24) is 10.3 Å². The molecule has 7 heteroatoms. The lowest BCUT2D eigenvalue weighted by atomic mass is 10.1. The highest BCUT2D eigenvalue weighted by Gasteiger charge is 2.11. The molecule has 0 aliphatic heterocycles. The molecule has 4 aromatic rings. The summed E-state index contributed by atoms with van der Waals surface area (Å²) in [6.07, 6.45) is 0.588. The molecule has 0 unspecified atom stereocenters. The second-order valence-electron chi connectivity index (χ2n) is 8.47. The minimum absolute atomic E-state index is 0.117. The number of aryl methyl sites for hydroxylation is 4. The number of ether oxygens (including phenoxy) is 1. The van der Waals surface area contributed by atoms with Crippen molar-refractivity contribution in [3.8, 4) is 5.75 Å². The number of rotatable bonds is 6. The van der Waals surface area contributed by atoms with Crippen LogP contribution in [0.4, 0.5) is 5.69 Å². The molecule has 174 valence electrons. The van der Waals surface area contributed by atoms with Crippen molar-refractivity contribution in [2.45, 2.75) is 34.1 Å². The summed E-state index contributed by atoms with van der Waals surface area (Å²) in [7, 11) is 0. The van der Waals surface area contributed by atoms with Gasteiger partial charge in [0, 0.05) is 12.1 Å². The number of aromatic nitrogens is 1. The molecule has 0 saturated heterocycles. The lowest BCUT2D eigenvalue weighted by molar-refractivity contribution is -0.121. The molecule has 0 bridgehead atoms. The third-order valence-electron chi connectivity index (χ3n) is 5.37. The van der Waals surface area contributed by atoms with E-state index in [9.17, 15) is 4.79 Å². The molecule has 0 aliphatic rings. The first-order valence-corrected chi connectivity index (χ1v) is 11.4. The van der Waals surface area contributed by atoms with Crippen LogP contribution in [0.5, 0.6) is 5.75 Å². The molecule has 0 fully saturated rings. The van der Waals surface area contributed by atoms with E-state index in [0.717, 1.165) is 39.0 Å². The predicted molar refractivity (Wildman–Crippen MR) is 139 cm³/mol. The van der Waals surface area contributed by atoms with Gasteiger partial charge in [-0.25, -0.2) is 4.98 Å². The van der Waals surface area contributed by atoms with Gasteiger partial charge in [0.1, 0.15) is 11.3 Å². The van der Waals surface area contributed by atoms with Crippen molar-refractivity contribution < 1.29 is 13.9 Å². The number of nitrogens with one attached hydrogen (secondary N) is 2. The summed E-state index contributed by atoms with van der Waals surface area (Å²) in [5, 5.41) is 5.88. The van der Waals surface area contributed by atoms with Gasteiger partial charge in [-0.2, -0.15) is 0 Å². The maximum atomic E-state index is 12.2. The number of hydrogen-bond donors (Lipinski definition) is 2. The molecule has 0 saturated carbocycles. The Morgan fingerprint density at radius 3 is 2.44 bits per heavy atom. The van der Waals surface area contributed by atoms with Crippen LogP contribution >= 0.6 is 12.2 Å². The average Bonchev–Trinajstić information content (AvgIpc) is 3.17. The Morgan fingerprint density at radius 2 is 1.71 bits per heavy atom. The molecule has 6 nitrogen and oxygen atoms in total. The van der Waals surface area contributed by atoms with Crippen molar-refractivity contribution in [3.05, 3.63) is 88.3 Å². The molecule has 2 N–H and O–H groups in total. The summed E-state index contributed by atoms with van der Waals surface area (Å²) in [6, 6.07) is 17.7. The second-order valence-corrected chi connectivity index (χ2v) is 8.88. The van der Waals surface area contributed by atoms with Gasteiger partial charge in [-0.1, -0.05) is 35.9 Å². The topological polar surface area (TPSA) is 76.4 Å². The van der Waals surface area contributed by atoms with Crippen molar-refractivity contribution >= 4 is 40.0 Å². The number of carbonyl (C=O) groups is 1. The summed E-state index contributed by atoms with van der Waals surface area (Å²) in [6.45, 7) is 7.92. The monoisotopic (exact) mass is 473 g/mol. The van der Waals surface area contributed by atoms with E-state index in [2.05, 4.69) is 28.6 Å². The maximum absolute atomic E-state index is 12.2. The molecule has 1 heterocycles. The summed E-state index contributed by atoms with van der Waals surface area (Å²) >= 11 is 5.26. The van der Waals surface area contributed by atoms with Crippen molar-refractivity contribution in [2.24, 2.45) is 0 Å². The summed E-state index contributed by atoms with van der Waals surface area (Å²) in [5.74, 6) is 1.03. The second kappa shape index (κ2) is 10.1. The van der Waals surface area contributed by atoms with Gasteiger partial charge in [0.25, 0.3) is 5.91 Å². The highest BCUT2D eigenvalue weighted by atomic mass is 32.1. The molecule has 34 heavy (non-hydrogen) atoms. The fraction of sp³-hybridized carbons (Fsp3) is 0.222. The quantitative estimate of drug-likeness (QED) is 0.358. The minimum Gasteiger partial charge on any atom is -0.483 e. The zero-order valence-corrected chi connectivity index (χ0v) is 20.5. The largest absolute Gasteiger partial charge is 0.483 e. The molecule has 1 amide bonds. The van der Waals surface area contributed by atoms with Crippen molar-refractivity contribution in [1.29, 1.82) is 0 Å². The number of oxazole rings is 1. The fourth-order valence-corrected chi connectivity index (χ4v) is 4.04. The molecule has 1 aromatic heterocycles. The summed E-state index contributed by atoms with van der Waals surface area (Å²) in [5.41, 5.74) is 7.93. The van der Waals surface area contributed by atoms with Gasteiger partial charge in [0.2, 0.25) is 0 Å². The molecule has 4 rings (SSSR count). The van der Waals surface area contributed by atoms with Gasteiger partial charge in [-0.3, -0.25) is 10.1 Å². The van der Waals surface area contributed by atoms with Gasteiger partial charge >= 0.3 is 0 Å². The Balaban J connectivity index is 1.29. The zero-order valence-electron chi connectivity index (χ0n) is 19.7. The molecule has 0 atom stereocenters. The van der Waals surface area contributed by atoms with Crippen LogP contribution in [0.2, 0.25) is 0 Å². The number of benzene rings is 3. The molecular formula is C27H27N3O3S. The van der Waals surface area contributed by atoms with E-state index in [0.29, 0.717) is 18.1 Å². The number of hydrogen-bond acceptors (Lipinski definition) is 5. The number of carbonyl (C=O) groups excluding carboxylic acids is 1. The van der Waals surface area contributed by atoms with E-state index < -0.39 is 0 Å². The van der Waals surface area contributed by atoms with Gasteiger partial charge in [0.05, 0.1) is 0 Å². The Labute approximate surface area is 204 Å². The van der Waals surface area contributed by atoms with E-state index in [-0.39, 0.29) is 17.6 Å². The SMILES string of the molecule is Cc1ccc(OCC(=O)NC(=S)Nc2ccc(Cc3nc4cc(C)cc(C)c4o3)cc2)c(C)c1. The molecule has 0 aliphatic carbocycles. The molecule has 0 radical (unpaired) electrons. The van der Waals surface area contributed by atoms with Crippen LogP contribution in [0.1, 0.15) is 33.7 Å². The van der Waals surface area contributed by atoms with Crippen molar-refractivity contribution in [3.63, 3.8) is 0 Å². The van der Waals surface area contributed by atoms with E-state index in [1.165, 1.54) is 5.56 Å². The van der Waals surface area contributed by atoms with Gasteiger partial charge < -0.3 is 14.5 Å². The van der Waals surface area contributed by atoms with Crippen LogP contribution in [0.3, 0.4) is 0 Å². The fourth-order valence-electron chi connectivity index (χ4n) is 3.81. The predicted octanol–water partition coefficient (Wildman–Crippen LogP) is 5.54. The smallest absolute Gasteiger partial charge is 0.264 e. The van der Waals surface area contributed by atoms with E-state index in [4.69, 9.17) is 21.4 Å². The Bertz CT molecular complexity index is 1360. The maximum Gasteiger partial charge on any atom is 0.264 e. The number of fused-ring (bicyclic) bond motifs is 1. The van der Waals surface area contributed by atoms with Crippen molar-refractivity contribution in [2.75, 3.05) is 11.9 Å². The Kier molecular flexibility index (Phi) is 6.93. The first-order chi connectivity index (χ1) is 16.3. The van der Waals surface area contributed by atoms with Crippen LogP contribution in [-0.4, -0.2) is 22.6 Å². The first kappa shape index (κ1) is 23.4. The number of amides is 1. The van der Waals surface area contributed by atoms with E-state index >= 15 is 0 Å². The average molecular weight is 474 g/mol. The molecule has 0 spiro atoms. The summed E-state index contributed by atoms with van der Waals surface area (Å²) < 4.78 is 11.6. The zero-order chi connectivity index (χ0) is 24.2. The number of anilines is 1.